The molecule has 0 spiro atoms. The summed E-state index contributed by atoms with van der Waals surface area (Å²) in [4.78, 5) is 0. The third-order valence-corrected chi connectivity index (χ3v) is 3.70. The number of rotatable bonds is 10. The van der Waals surface area contributed by atoms with Crippen LogP contribution in [-0.2, 0) is 17.9 Å². The van der Waals surface area contributed by atoms with Gasteiger partial charge in [-0.25, -0.2) is 0 Å². The highest BCUT2D eigenvalue weighted by atomic mass is 35.5. The van der Waals surface area contributed by atoms with Gasteiger partial charge in [0, 0.05) is 19.8 Å². The number of hydrogen-bond donors (Lipinski definition) is 1. The van der Waals surface area contributed by atoms with Crippen LogP contribution in [0.4, 0.5) is 0 Å². The summed E-state index contributed by atoms with van der Waals surface area (Å²) in [5.74, 6) is 0.718. The molecule has 4 heteroatoms. The predicted octanol–water partition coefficient (Wildman–Crippen LogP) is 4.44. The Balaban J connectivity index is 1.76. The summed E-state index contributed by atoms with van der Waals surface area (Å²) in [6, 6.07) is 16.0. The third-order valence-electron chi connectivity index (χ3n) is 3.41. The second kappa shape index (κ2) is 10.3. The Kier molecular flexibility index (Phi) is 7.95. The average Bonchev–Trinajstić information content (AvgIpc) is 2.58. The average molecular weight is 334 g/mol. The molecule has 0 saturated heterocycles. The molecule has 1 N–H and O–H groups in total. The van der Waals surface area contributed by atoms with E-state index in [1.165, 1.54) is 0 Å². The van der Waals surface area contributed by atoms with Crippen molar-refractivity contribution in [3.8, 4) is 5.75 Å². The Morgan fingerprint density at radius 3 is 2.61 bits per heavy atom. The number of halogens is 1. The van der Waals surface area contributed by atoms with Crippen LogP contribution in [-0.4, -0.2) is 19.8 Å². The maximum absolute atomic E-state index is 6.30. The van der Waals surface area contributed by atoms with Gasteiger partial charge in [-0.2, -0.15) is 0 Å². The Bertz CT molecular complexity index is 575. The summed E-state index contributed by atoms with van der Waals surface area (Å²) in [6.45, 7) is 5.84. The zero-order valence-corrected chi connectivity index (χ0v) is 14.3. The minimum Gasteiger partial charge on any atom is -0.487 e. The van der Waals surface area contributed by atoms with Gasteiger partial charge in [-0.3, -0.25) is 0 Å². The molecule has 23 heavy (non-hydrogen) atoms. The largest absolute Gasteiger partial charge is 0.487 e. The smallest absolute Gasteiger partial charge is 0.138 e. The van der Waals surface area contributed by atoms with E-state index < -0.39 is 0 Å². The van der Waals surface area contributed by atoms with E-state index in [4.69, 9.17) is 21.1 Å². The third kappa shape index (κ3) is 6.61. The first-order valence-electron chi connectivity index (χ1n) is 8.03. The van der Waals surface area contributed by atoms with Crippen LogP contribution in [0.2, 0.25) is 5.02 Å². The number of hydrogen-bond acceptors (Lipinski definition) is 3. The molecular weight excluding hydrogens is 310 g/mol. The molecule has 2 rings (SSSR count). The summed E-state index contributed by atoms with van der Waals surface area (Å²) in [5, 5.41) is 4.03. The minimum absolute atomic E-state index is 0.523. The first-order valence-corrected chi connectivity index (χ1v) is 8.41. The molecule has 0 radical (unpaired) electrons. The van der Waals surface area contributed by atoms with Crippen molar-refractivity contribution in [3.05, 3.63) is 64.7 Å². The summed E-state index contributed by atoms with van der Waals surface area (Å²) in [5.41, 5.74) is 2.28. The molecule has 0 amide bonds. The van der Waals surface area contributed by atoms with Gasteiger partial charge in [0.2, 0.25) is 0 Å². The Labute approximate surface area is 143 Å². The number of ether oxygens (including phenoxy) is 2. The van der Waals surface area contributed by atoms with E-state index in [-0.39, 0.29) is 0 Å². The van der Waals surface area contributed by atoms with Crippen LogP contribution in [0.1, 0.15) is 24.5 Å². The van der Waals surface area contributed by atoms with Gasteiger partial charge in [0.1, 0.15) is 12.4 Å². The van der Waals surface area contributed by atoms with Crippen molar-refractivity contribution >= 4 is 11.6 Å². The molecule has 0 aliphatic carbocycles. The zero-order valence-electron chi connectivity index (χ0n) is 13.6. The van der Waals surface area contributed by atoms with Crippen molar-refractivity contribution in [2.45, 2.75) is 26.5 Å². The van der Waals surface area contributed by atoms with Crippen LogP contribution < -0.4 is 10.1 Å². The molecule has 124 valence electrons. The van der Waals surface area contributed by atoms with Crippen molar-refractivity contribution < 1.29 is 9.47 Å². The lowest BCUT2D eigenvalue weighted by Gasteiger charge is -2.10. The highest BCUT2D eigenvalue weighted by Gasteiger charge is 2.04. The van der Waals surface area contributed by atoms with E-state index in [1.54, 1.807) is 0 Å². The first kappa shape index (κ1) is 17.8. The van der Waals surface area contributed by atoms with E-state index in [9.17, 15) is 0 Å². The summed E-state index contributed by atoms with van der Waals surface area (Å²) in [7, 11) is 0. The zero-order chi connectivity index (χ0) is 16.3. The lowest BCUT2D eigenvalue weighted by Crippen LogP contribution is -2.16. The molecule has 2 aromatic carbocycles. The quantitative estimate of drug-likeness (QED) is 0.652. The van der Waals surface area contributed by atoms with Crippen LogP contribution in [0, 0.1) is 0 Å². The summed E-state index contributed by atoms with van der Waals surface area (Å²) in [6.07, 6.45) is 1.01. The van der Waals surface area contributed by atoms with Crippen LogP contribution in [0.25, 0.3) is 0 Å². The maximum Gasteiger partial charge on any atom is 0.138 e. The fraction of sp³-hybridized carbons (Fsp3) is 0.368. The minimum atomic E-state index is 0.523. The van der Waals surface area contributed by atoms with Gasteiger partial charge in [0.25, 0.3) is 0 Å². The van der Waals surface area contributed by atoms with Gasteiger partial charge in [-0.15, -0.1) is 0 Å². The molecule has 0 atom stereocenters. The van der Waals surface area contributed by atoms with Gasteiger partial charge in [-0.05, 0) is 43.1 Å². The van der Waals surface area contributed by atoms with Crippen molar-refractivity contribution in [1.82, 2.24) is 5.32 Å². The van der Waals surface area contributed by atoms with Crippen LogP contribution in [0.5, 0.6) is 5.75 Å². The normalized spacial score (nSPS) is 10.7. The van der Waals surface area contributed by atoms with Gasteiger partial charge < -0.3 is 14.8 Å². The van der Waals surface area contributed by atoms with Gasteiger partial charge >= 0.3 is 0 Å². The molecule has 0 aromatic heterocycles. The molecule has 0 aliphatic heterocycles. The predicted molar refractivity (Wildman–Crippen MR) is 95.0 cm³/mol. The summed E-state index contributed by atoms with van der Waals surface area (Å²) >= 11 is 6.30. The van der Waals surface area contributed by atoms with Gasteiger partial charge in [-0.1, -0.05) is 48.0 Å². The highest BCUT2D eigenvalue weighted by Crippen LogP contribution is 2.26. The first-order chi connectivity index (χ1) is 11.3. The van der Waals surface area contributed by atoms with Crippen molar-refractivity contribution in [2.24, 2.45) is 0 Å². The van der Waals surface area contributed by atoms with Crippen molar-refractivity contribution in [3.63, 3.8) is 0 Å². The maximum atomic E-state index is 6.30. The van der Waals surface area contributed by atoms with E-state index in [1.807, 2.05) is 55.5 Å². The van der Waals surface area contributed by atoms with Crippen LogP contribution >= 0.6 is 11.6 Å². The molecule has 0 heterocycles. The van der Waals surface area contributed by atoms with Crippen molar-refractivity contribution in [1.29, 1.82) is 0 Å². The van der Waals surface area contributed by atoms with E-state index in [2.05, 4.69) is 5.32 Å². The molecular formula is C19H24ClNO2. The van der Waals surface area contributed by atoms with Crippen LogP contribution in [0.15, 0.2) is 48.5 Å². The molecule has 0 unspecified atom stereocenters. The lowest BCUT2D eigenvalue weighted by molar-refractivity contribution is 0.144. The van der Waals surface area contributed by atoms with E-state index in [0.717, 1.165) is 49.6 Å². The lowest BCUT2D eigenvalue weighted by atomic mass is 10.2. The monoisotopic (exact) mass is 333 g/mol. The molecule has 0 saturated carbocycles. The fourth-order valence-electron chi connectivity index (χ4n) is 2.18. The number of nitrogens with one attached hydrogen (secondary N) is 1. The van der Waals surface area contributed by atoms with Crippen molar-refractivity contribution in [2.75, 3.05) is 19.8 Å². The number of benzene rings is 2. The SMILES string of the molecule is CCOCCCNCc1ccc(OCc2ccccc2)c(Cl)c1. The standard InChI is InChI=1S/C19H24ClNO2/c1-2-22-12-6-11-21-14-17-9-10-19(18(20)13-17)23-15-16-7-4-3-5-8-16/h3-5,7-10,13,21H,2,6,11-12,14-15H2,1H3. The van der Waals surface area contributed by atoms with Crippen LogP contribution in [0.3, 0.4) is 0 Å². The summed E-state index contributed by atoms with van der Waals surface area (Å²) < 4.78 is 11.1. The second-order valence-corrected chi connectivity index (χ2v) is 5.67. The molecule has 0 fully saturated rings. The van der Waals surface area contributed by atoms with E-state index in [0.29, 0.717) is 11.6 Å². The van der Waals surface area contributed by atoms with E-state index >= 15 is 0 Å². The van der Waals surface area contributed by atoms with Gasteiger partial charge in [0.15, 0.2) is 0 Å². The second-order valence-electron chi connectivity index (χ2n) is 5.27. The molecule has 0 aliphatic rings. The topological polar surface area (TPSA) is 30.5 Å². The Hall–Kier alpha value is -1.55. The highest BCUT2D eigenvalue weighted by molar-refractivity contribution is 6.32. The van der Waals surface area contributed by atoms with Gasteiger partial charge in [0.05, 0.1) is 5.02 Å². The molecule has 2 aromatic rings. The molecule has 3 nitrogen and oxygen atoms in total. The Morgan fingerprint density at radius 2 is 1.87 bits per heavy atom. The molecule has 0 bridgehead atoms. The fourth-order valence-corrected chi connectivity index (χ4v) is 2.44. The Morgan fingerprint density at radius 1 is 1.04 bits per heavy atom.